The van der Waals surface area contributed by atoms with Crippen molar-refractivity contribution in [3.63, 3.8) is 0 Å². The molecule has 1 N–H and O–H groups in total. The van der Waals surface area contributed by atoms with E-state index in [2.05, 4.69) is 6.07 Å². The van der Waals surface area contributed by atoms with E-state index in [1.165, 1.54) is 0 Å². The van der Waals surface area contributed by atoms with E-state index >= 15 is 0 Å². The maximum absolute atomic E-state index is 10.2. The van der Waals surface area contributed by atoms with Gasteiger partial charge in [-0.15, -0.1) is 0 Å². The first-order chi connectivity index (χ1) is 8.34. The number of nitriles is 2. The van der Waals surface area contributed by atoms with E-state index in [1.807, 2.05) is 6.07 Å². The molecular formula is C13H16N2O3. The number of rotatable bonds is 0. The van der Waals surface area contributed by atoms with Gasteiger partial charge in [0.25, 0.3) is 0 Å². The Morgan fingerprint density at radius 2 is 1.78 bits per heavy atom. The molecular weight excluding hydrogens is 232 g/mol. The summed E-state index contributed by atoms with van der Waals surface area (Å²) in [4.78, 5) is 0. The third-order valence-electron chi connectivity index (χ3n) is 4.13. The monoisotopic (exact) mass is 248 g/mol. The summed E-state index contributed by atoms with van der Waals surface area (Å²) in [5.74, 6) is -0.0745. The minimum atomic E-state index is -1.28. The Morgan fingerprint density at radius 3 is 2.33 bits per heavy atom. The molecule has 2 rings (SSSR count). The van der Waals surface area contributed by atoms with Gasteiger partial charge in [-0.3, -0.25) is 0 Å². The lowest BCUT2D eigenvalue weighted by Gasteiger charge is -2.56. The van der Waals surface area contributed by atoms with Crippen LogP contribution in [0.1, 0.15) is 27.2 Å². The second-order valence-electron chi connectivity index (χ2n) is 5.46. The lowest BCUT2D eigenvalue weighted by atomic mass is 9.59. The molecule has 0 amide bonds. The molecule has 18 heavy (non-hydrogen) atoms. The average Bonchev–Trinajstić information content (AvgIpc) is 2.34. The van der Waals surface area contributed by atoms with Crippen molar-refractivity contribution >= 4 is 0 Å². The normalized spacial score (nSPS) is 38.5. The van der Waals surface area contributed by atoms with Crippen molar-refractivity contribution in [1.82, 2.24) is 0 Å². The largest absolute Gasteiger partial charge is 0.511 e. The Hall–Kier alpha value is -1.56. The average molecular weight is 248 g/mol. The Balaban J connectivity index is 2.70. The van der Waals surface area contributed by atoms with Gasteiger partial charge in [0.1, 0.15) is 17.4 Å². The molecule has 96 valence electrons. The van der Waals surface area contributed by atoms with Gasteiger partial charge in [0.2, 0.25) is 0 Å². The van der Waals surface area contributed by atoms with Crippen LogP contribution in [0.15, 0.2) is 11.3 Å². The van der Waals surface area contributed by atoms with E-state index in [4.69, 9.17) is 14.7 Å². The summed E-state index contributed by atoms with van der Waals surface area (Å²) in [6.07, 6.45) is 0.187. The van der Waals surface area contributed by atoms with E-state index in [1.54, 1.807) is 20.8 Å². The summed E-state index contributed by atoms with van der Waals surface area (Å²) < 4.78 is 11.4. The third kappa shape index (κ3) is 1.26. The molecule has 0 saturated carbocycles. The quantitative estimate of drug-likeness (QED) is 0.706. The fourth-order valence-corrected chi connectivity index (χ4v) is 3.08. The predicted octanol–water partition coefficient (Wildman–Crippen LogP) is 1.82. The Labute approximate surface area is 106 Å². The van der Waals surface area contributed by atoms with Gasteiger partial charge >= 0.3 is 0 Å². The van der Waals surface area contributed by atoms with Crippen LogP contribution < -0.4 is 0 Å². The summed E-state index contributed by atoms with van der Waals surface area (Å²) in [6, 6.07) is 4.17. The number of hydrogen-bond donors (Lipinski definition) is 1. The summed E-state index contributed by atoms with van der Waals surface area (Å²) in [5, 5.41) is 28.9. The minimum absolute atomic E-state index is 0.0745. The van der Waals surface area contributed by atoms with Gasteiger partial charge in [-0.2, -0.15) is 10.5 Å². The molecule has 1 unspecified atom stereocenters. The molecule has 0 spiro atoms. The van der Waals surface area contributed by atoms with E-state index in [-0.39, 0.29) is 17.8 Å². The maximum Gasteiger partial charge on any atom is 0.194 e. The van der Waals surface area contributed by atoms with Crippen LogP contribution in [-0.4, -0.2) is 29.5 Å². The van der Waals surface area contributed by atoms with E-state index in [9.17, 15) is 10.4 Å². The van der Waals surface area contributed by atoms with Gasteiger partial charge in [0, 0.05) is 6.42 Å². The zero-order chi connectivity index (χ0) is 13.6. The van der Waals surface area contributed by atoms with Crippen LogP contribution in [0.2, 0.25) is 0 Å². The molecule has 2 aliphatic rings. The van der Waals surface area contributed by atoms with Crippen molar-refractivity contribution in [1.29, 1.82) is 10.5 Å². The highest BCUT2D eigenvalue weighted by molar-refractivity contribution is 5.42. The lowest BCUT2D eigenvalue weighted by Crippen LogP contribution is -2.68. The Kier molecular flexibility index (Phi) is 2.66. The highest BCUT2D eigenvalue weighted by Gasteiger charge is 2.66. The van der Waals surface area contributed by atoms with Crippen LogP contribution in [0, 0.1) is 28.1 Å². The van der Waals surface area contributed by atoms with Crippen molar-refractivity contribution in [3.05, 3.63) is 11.3 Å². The van der Waals surface area contributed by atoms with Gasteiger partial charge in [-0.1, -0.05) is 0 Å². The maximum atomic E-state index is 10.2. The van der Waals surface area contributed by atoms with Gasteiger partial charge < -0.3 is 14.6 Å². The number of nitrogens with zero attached hydrogens (tertiary/aromatic N) is 2. The molecule has 2 atom stereocenters. The standard InChI is InChI=1S/C13H16N2O3/c1-11(2)10(16)9(7-14)6-12(3)13(11,8-15)18-5-4-17-12/h16H,4-6H2,1-3H3/t12-,13?/m0/s1. The fraction of sp³-hybridized carbons (Fsp3) is 0.692. The van der Waals surface area contributed by atoms with E-state index in [0.29, 0.717) is 13.2 Å². The fourth-order valence-electron chi connectivity index (χ4n) is 3.08. The predicted molar refractivity (Wildman–Crippen MR) is 62.3 cm³/mol. The highest BCUT2D eigenvalue weighted by atomic mass is 16.6. The first-order valence-corrected chi connectivity index (χ1v) is 5.86. The van der Waals surface area contributed by atoms with Crippen LogP contribution in [-0.2, 0) is 9.47 Å². The van der Waals surface area contributed by atoms with E-state index < -0.39 is 16.6 Å². The Bertz CT molecular complexity index is 497. The molecule has 0 bridgehead atoms. The summed E-state index contributed by atoms with van der Waals surface area (Å²) in [6.45, 7) is 5.86. The lowest BCUT2D eigenvalue weighted by molar-refractivity contribution is -0.268. The summed E-state index contributed by atoms with van der Waals surface area (Å²) in [5.41, 5.74) is -2.91. The second kappa shape index (κ2) is 3.71. The van der Waals surface area contributed by atoms with E-state index in [0.717, 1.165) is 0 Å². The van der Waals surface area contributed by atoms with Crippen LogP contribution in [0.3, 0.4) is 0 Å². The third-order valence-corrected chi connectivity index (χ3v) is 4.13. The minimum Gasteiger partial charge on any atom is -0.511 e. The van der Waals surface area contributed by atoms with Gasteiger partial charge in [0.15, 0.2) is 5.60 Å². The molecule has 0 aromatic rings. The molecule has 1 heterocycles. The molecule has 5 nitrogen and oxygen atoms in total. The van der Waals surface area contributed by atoms with Crippen molar-refractivity contribution in [2.75, 3.05) is 13.2 Å². The SMILES string of the molecule is CC1(C)C(O)=C(C#N)C[C@]2(C)OCCOC12C#N. The second-order valence-corrected chi connectivity index (χ2v) is 5.46. The van der Waals surface area contributed by atoms with Crippen LogP contribution in [0.5, 0.6) is 0 Å². The van der Waals surface area contributed by atoms with Crippen molar-refractivity contribution in [2.24, 2.45) is 5.41 Å². The number of fused-ring (bicyclic) bond motifs is 1. The number of ether oxygens (including phenoxy) is 2. The van der Waals surface area contributed by atoms with Crippen molar-refractivity contribution in [2.45, 2.75) is 38.4 Å². The van der Waals surface area contributed by atoms with Crippen LogP contribution in [0.4, 0.5) is 0 Å². The van der Waals surface area contributed by atoms with Gasteiger partial charge in [-0.25, -0.2) is 0 Å². The molecule has 1 aliphatic carbocycles. The van der Waals surface area contributed by atoms with Crippen molar-refractivity contribution in [3.8, 4) is 12.1 Å². The molecule has 1 aliphatic heterocycles. The topological polar surface area (TPSA) is 86.3 Å². The number of aliphatic hydroxyl groups is 1. The molecule has 5 heteroatoms. The van der Waals surface area contributed by atoms with Gasteiger partial charge in [-0.05, 0) is 20.8 Å². The zero-order valence-electron chi connectivity index (χ0n) is 10.8. The summed E-state index contributed by atoms with van der Waals surface area (Å²) in [7, 11) is 0. The number of aliphatic hydroxyl groups excluding tert-OH is 1. The molecule has 0 radical (unpaired) electrons. The first kappa shape index (κ1) is 12.9. The Morgan fingerprint density at radius 1 is 1.17 bits per heavy atom. The highest BCUT2D eigenvalue weighted by Crippen LogP contribution is 2.55. The zero-order valence-corrected chi connectivity index (χ0v) is 10.8. The van der Waals surface area contributed by atoms with Crippen molar-refractivity contribution < 1.29 is 14.6 Å². The van der Waals surface area contributed by atoms with Gasteiger partial charge in [0.05, 0.1) is 30.3 Å². The van der Waals surface area contributed by atoms with Crippen LogP contribution in [0.25, 0.3) is 0 Å². The summed E-state index contributed by atoms with van der Waals surface area (Å²) >= 11 is 0. The molecule has 0 aromatic carbocycles. The number of hydrogen-bond acceptors (Lipinski definition) is 5. The smallest absolute Gasteiger partial charge is 0.194 e. The van der Waals surface area contributed by atoms with Crippen LogP contribution >= 0.6 is 0 Å². The molecule has 1 fully saturated rings. The molecule has 1 saturated heterocycles. The first-order valence-electron chi connectivity index (χ1n) is 5.86. The molecule has 0 aromatic heterocycles.